The quantitative estimate of drug-likeness (QED) is 0.684. The van der Waals surface area contributed by atoms with Gasteiger partial charge in [-0.15, -0.1) is 0 Å². The lowest BCUT2D eigenvalue weighted by molar-refractivity contribution is 0.111. The molecule has 0 saturated carbocycles. The molecule has 2 fully saturated rings. The van der Waals surface area contributed by atoms with Crippen molar-refractivity contribution < 1.29 is 0 Å². The molecule has 82 valence electrons. The van der Waals surface area contributed by atoms with Crippen LogP contribution in [-0.2, 0) is 0 Å². The zero-order valence-electron chi connectivity index (χ0n) is 9.55. The molecule has 2 aliphatic heterocycles. The minimum atomic E-state index is 0.538. The average molecular weight is 197 g/mol. The van der Waals surface area contributed by atoms with Crippen molar-refractivity contribution in [2.45, 2.75) is 13.3 Å². The molecule has 0 aromatic rings. The van der Waals surface area contributed by atoms with E-state index >= 15 is 0 Å². The van der Waals surface area contributed by atoms with Crippen LogP contribution >= 0.6 is 0 Å². The van der Waals surface area contributed by atoms with E-state index < -0.39 is 0 Å². The smallest absolute Gasteiger partial charge is 0.0110 e. The van der Waals surface area contributed by atoms with Gasteiger partial charge >= 0.3 is 0 Å². The molecule has 2 rings (SSSR count). The fourth-order valence-corrected chi connectivity index (χ4v) is 2.55. The Morgan fingerprint density at radius 2 is 1.93 bits per heavy atom. The van der Waals surface area contributed by atoms with Gasteiger partial charge in [0, 0.05) is 39.3 Å². The molecule has 0 spiro atoms. The van der Waals surface area contributed by atoms with Crippen LogP contribution < -0.4 is 5.32 Å². The second-order valence-corrected chi connectivity index (χ2v) is 5.32. The first-order chi connectivity index (χ1) is 6.68. The third-order valence-corrected chi connectivity index (χ3v) is 3.66. The molecule has 0 aromatic carbocycles. The molecule has 0 amide bonds. The maximum Gasteiger partial charge on any atom is 0.0110 e. The molecule has 1 atom stereocenters. The molecular weight excluding hydrogens is 174 g/mol. The molecule has 2 saturated heterocycles. The number of hydrogen-bond donors (Lipinski definition) is 1. The molecule has 2 heterocycles. The number of nitrogens with zero attached hydrogens (tertiary/aromatic N) is 2. The van der Waals surface area contributed by atoms with Gasteiger partial charge in [0.25, 0.3) is 0 Å². The molecule has 2 aliphatic rings. The van der Waals surface area contributed by atoms with Gasteiger partial charge in [0.05, 0.1) is 0 Å². The first kappa shape index (κ1) is 10.4. The standard InChI is InChI=1S/C11H23N3/c1-11(3-4-12-9-11)10-14-7-5-13(2)6-8-14/h12H,3-10H2,1-2H3. The number of piperazine rings is 1. The molecule has 0 bridgehead atoms. The van der Waals surface area contributed by atoms with Crippen LogP contribution in [0.25, 0.3) is 0 Å². The van der Waals surface area contributed by atoms with Gasteiger partial charge in [-0.3, -0.25) is 0 Å². The highest BCUT2D eigenvalue weighted by Crippen LogP contribution is 2.25. The van der Waals surface area contributed by atoms with Crippen LogP contribution in [-0.4, -0.2) is 62.7 Å². The fraction of sp³-hybridized carbons (Fsp3) is 1.00. The molecule has 1 unspecified atom stereocenters. The summed E-state index contributed by atoms with van der Waals surface area (Å²) in [6.07, 6.45) is 1.35. The van der Waals surface area contributed by atoms with Crippen molar-refractivity contribution in [1.29, 1.82) is 0 Å². The lowest BCUT2D eigenvalue weighted by Gasteiger charge is -2.37. The van der Waals surface area contributed by atoms with E-state index in [-0.39, 0.29) is 0 Å². The highest BCUT2D eigenvalue weighted by Gasteiger charge is 2.31. The molecule has 0 aliphatic carbocycles. The van der Waals surface area contributed by atoms with Crippen molar-refractivity contribution in [1.82, 2.24) is 15.1 Å². The maximum absolute atomic E-state index is 3.47. The van der Waals surface area contributed by atoms with Gasteiger partial charge in [0.2, 0.25) is 0 Å². The Kier molecular flexibility index (Phi) is 3.10. The average Bonchev–Trinajstić information content (AvgIpc) is 2.57. The number of hydrogen-bond acceptors (Lipinski definition) is 3. The lowest BCUT2D eigenvalue weighted by Crippen LogP contribution is -2.48. The molecule has 0 radical (unpaired) electrons. The minimum Gasteiger partial charge on any atom is -0.316 e. The summed E-state index contributed by atoms with van der Waals surface area (Å²) in [5, 5.41) is 3.47. The fourth-order valence-electron chi connectivity index (χ4n) is 2.55. The van der Waals surface area contributed by atoms with Crippen molar-refractivity contribution in [3.05, 3.63) is 0 Å². The molecule has 3 nitrogen and oxygen atoms in total. The van der Waals surface area contributed by atoms with Crippen molar-refractivity contribution in [3.8, 4) is 0 Å². The van der Waals surface area contributed by atoms with Gasteiger partial charge < -0.3 is 15.1 Å². The Morgan fingerprint density at radius 1 is 1.21 bits per heavy atom. The van der Waals surface area contributed by atoms with E-state index in [4.69, 9.17) is 0 Å². The topological polar surface area (TPSA) is 18.5 Å². The number of likely N-dealkylation sites (N-methyl/N-ethyl adjacent to an activating group) is 1. The summed E-state index contributed by atoms with van der Waals surface area (Å²) in [7, 11) is 2.22. The van der Waals surface area contributed by atoms with Crippen LogP contribution in [0.5, 0.6) is 0 Å². The number of nitrogens with one attached hydrogen (secondary N) is 1. The van der Waals surface area contributed by atoms with E-state index in [0.29, 0.717) is 5.41 Å². The van der Waals surface area contributed by atoms with Gasteiger partial charge in [-0.05, 0) is 25.4 Å². The number of rotatable bonds is 2. The summed E-state index contributed by atoms with van der Waals surface area (Å²) in [4.78, 5) is 5.05. The van der Waals surface area contributed by atoms with E-state index in [9.17, 15) is 0 Å². The summed E-state index contributed by atoms with van der Waals surface area (Å²) in [5.41, 5.74) is 0.538. The summed E-state index contributed by atoms with van der Waals surface area (Å²) >= 11 is 0. The molecular formula is C11H23N3. The van der Waals surface area contributed by atoms with Crippen LogP contribution in [0.4, 0.5) is 0 Å². The predicted molar refractivity (Wildman–Crippen MR) is 59.5 cm³/mol. The highest BCUT2D eigenvalue weighted by atomic mass is 15.2. The summed E-state index contributed by atoms with van der Waals surface area (Å²) in [6, 6.07) is 0. The first-order valence-electron chi connectivity index (χ1n) is 5.80. The summed E-state index contributed by atoms with van der Waals surface area (Å²) < 4.78 is 0. The van der Waals surface area contributed by atoms with Crippen LogP contribution in [0.2, 0.25) is 0 Å². The van der Waals surface area contributed by atoms with E-state index in [1.807, 2.05) is 0 Å². The normalized spacial score (nSPS) is 36.4. The van der Waals surface area contributed by atoms with E-state index in [1.165, 1.54) is 52.2 Å². The lowest BCUT2D eigenvalue weighted by atomic mass is 9.89. The molecule has 3 heteroatoms. The van der Waals surface area contributed by atoms with Gasteiger partial charge in [0.15, 0.2) is 0 Å². The largest absolute Gasteiger partial charge is 0.316 e. The minimum absolute atomic E-state index is 0.538. The Morgan fingerprint density at radius 3 is 2.50 bits per heavy atom. The highest BCUT2D eigenvalue weighted by molar-refractivity contribution is 4.87. The van der Waals surface area contributed by atoms with Crippen LogP contribution in [0.15, 0.2) is 0 Å². The van der Waals surface area contributed by atoms with Crippen molar-refractivity contribution in [2.24, 2.45) is 5.41 Å². The summed E-state index contributed by atoms with van der Waals surface area (Å²) in [6.45, 7) is 11.1. The molecule has 14 heavy (non-hydrogen) atoms. The van der Waals surface area contributed by atoms with Crippen molar-refractivity contribution >= 4 is 0 Å². The first-order valence-corrected chi connectivity index (χ1v) is 5.80. The Bertz CT molecular complexity index is 179. The zero-order chi connectivity index (χ0) is 10.0. The van der Waals surface area contributed by atoms with Crippen LogP contribution in [0.1, 0.15) is 13.3 Å². The third-order valence-electron chi connectivity index (χ3n) is 3.66. The molecule has 1 N–H and O–H groups in total. The Balaban J connectivity index is 1.79. The van der Waals surface area contributed by atoms with E-state index in [1.54, 1.807) is 0 Å². The zero-order valence-corrected chi connectivity index (χ0v) is 9.55. The van der Waals surface area contributed by atoms with Crippen LogP contribution in [0.3, 0.4) is 0 Å². The molecule has 0 aromatic heterocycles. The maximum atomic E-state index is 3.47. The second kappa shape index (κ2) is 4.17. The van der Waals surface area contributed by atoms with Crippen LogP contribution in [0, 0.1) is 5.41 Å². The predicted octanol–water partition coefficient (Wildman–Crippen LogP) is 0.233. The Labute approximate surface area is 87.4 Å². The van der Waals surface area contributed by atoms with E-state index in [0.717, 1.165) is 0 Å². The van der Waals surface area contributed by atoms with E-state index in [2.05, 4.69) is 29.1 Å². The second-order valence-electron chi connectivity index (χ2n) is 5.32. The Hall–Kier alpha value is -0.120. The van der Waals surface area contributed by atoms with Crippen molar-refractivity contribution in [3.63, 3.8) is 0 Å². The SMILES string of the molecule is CN1CCN(CC2(C)CCNC2)CC1. The monoisotopic (exact) mass is 197 g/mol. The van der Waals surface area contributed by atoms with Gasteiger partial charge in [-0.2, -0.15) is 0 Å². The third kappa shape index (κ3) is 2.47. The summed E-state index contributed by atoms with van der Waals surface area (Å²) in [5.74, 6) is 0. The van der Waals surface area contributed by atoms with Gasteiger partial charge in [-0.25, -0.2) is 0 Å². The van der Waals surface area contributed by atoms with Crippen molar-refractivity contribution in [2.75, 3.05) is 52.9 Å². The van der Waals surface area contributed by atoms with Gasteiger partial charge in [0.1, 0.15) is 0 Å². The van der Waals surface area contributed by atoms with Gasteiger partial charge in [-0.1, -0.05) is 6.92 Å².